The number of ether oxygens (including phenoxy) is 4. The van der Waals surface area contributed by atoms with Gasteiger partial charge in [-0.15, -0.1) is 0 Å². The highest BCUT2D eigenvalue weighted by Crippen LogP contribution is 2.43. The summed E-state index contributed by atoms with van der Waals surface area (Å²) in [4.78, 5) is 47.3. The van der Waals surface area contributed by atoms with Crippen molar-refractivity contribution in [1.82, 2.24) is 16.0 Å². The first kappa shape index (κ1) is 36.4. The van der Waals surface area contributed by atoms with Crippen molar-refractivity contribution in [2.75, 3.05) is 19.7 Å². The first-order valence-corrected chi connectivity index (χ1v) is 16.0. The van der Waals surface area contributed by atoms with Crippen LogP contribution in [0.4, 0.5) is 0 Å². The number of aliphatic hydroxyl groups is 1. The molecule has 45 heavy (non-hydrogen) atoms. The summed E-state index contributed by atoms with van der Waals surface area (Å²) in [5.41, 5.74) is 0.297. The SMILES string of the molecule is CCC(=O)NCCNC(=O)CC1CC2(CO2)C(O)C(C=CC(C)=CCC2OC(C)C(NC(=O)C=CC(C)OC(C)=O)CC2C)O1. The van der Waals surface area contributed by atoms with E-state index in [1.807, 2.05) is 26.0 Å². The molecule has 0 aromatic heterocycles. The standard InChI is InChI=1S/C33H51N3O9/c1-7-29(38)34-14-15-35-31(40)17-25-18-33(19-42-33)32(41)28(45-25)12-9-20(2)8-11-27-21(3)16-26(23(5)44-27)36-30(39)13-10-22(4)43-24(6)37/h8-10,12-13,21-23,25-28,32,41H,7,11,14-19H2,1-6H3,(H,34,38)(H,35,40)(H,36,39). The Kier molecular flexibility index (Phi) is 13.8. The van der Waals surface area contributed by atoms with Crippen LogP contribution >= 0.6 is 0 Å². The lowest BCUT2D eigenvalue weighted by Crippen LogP contribution is -2.51. The van der Waals surface area contributed by atoms with E-state index in [0.29, 0.717) is 39.0 Å². The first-order valence-electron chi connectivity index (χ1n) is 16.0. The van der Waals surface area contributed by atoms with Crippen LogP contribution in [-0.2, 0) is 38.1 Å². The molecule has 0 bridgehead atoms. The number of hydrogen-bond acceptors (Lipinski definition) is 9. The Morgan fingerprint density at radius 3 is 2.40 bits per heavy atom. The summed E-state index contributed by atoms with van der Waals surface area (Å²) in [6.07, 6.45) is 8.63. The van der Waals surface area contributed by atoms with E-state index in [2.05, 4.69) is 29.0 Å². The van der Waals surface area contributed by atoms with Crippen molar-refractivity contribution < 1.29 is 43.2 Å². The molecule has 12 heteroatoms. The largest absolute Gasteiger partial charge is 0.459 e. The maximum absolute atomic E-state index is 12.5. The second-order valence-corrected chi connectivity index (χ2v) is 12.4. The third-order valence-electron chi connectivity index (χ3n) is 8.43. The zero-order valence-electron chi connectivity index (χ0n) is 27.4. The summed E-state index contributed by atoms with van der Waals surface area (Å²) in [6, 6.07) is -0.138. The third-order valence-corrected chi connectivity index (χ3v) is 8.43. The van der Waals surface area contributed by atoms with Crippen molar-refractivity contribution in [1.29, 1.82) is 0 Å². The number of rotatable bonds is 14. The van der Waals surface area contributed by atoms with E-state index in [1.165, 1.54) is 13.0 Å². The molecule has 3 fully saturated rings. The Labute approximate surface area is 266 Å². The Morgan fingerprint density at radius 2 is 1.76 bits per heavy atom. The van der Waals surface area contributed by atoms with Crippen LogP contribution < -0.4 is 16.0 Å². The molecule has 4 N–H and O–H groups in total. The van der Waals surface area contributed by atoms with E-state index in [9.17, 15) is 24.3 Å². The van der Waals surface area contributed by atoms with Crippen LogP contribution in [0.2, 0.25) is 0 Å². The molecule has 3 aliphatic heterocycles. The number of esters is 1. The molecule has 9 unspecified atom stereocenters. The van der Waals surface area contributed by atoms with E-state index in [1.54, 1.807) is 19.9 Å². The van der Waals surface area contributed by atoms with E-state index < -0.39 is 36.0 Å². The van der Waals surface area contributed by atoms with Gasteiger partial charge in [0, 0.05) is 38.9 Å². The average molecular weight is 634 g/mol. The minimum absolute atomic E-state index is 0.0196. The molecule has 3 amide bonds. The molecule has 3 aliphatic rings. The van der Waals surface area contributed by atoms with Crippen LogP contribution in [0.1, 0.15) is 73.6 Å². The number of hydrogen-bond donors (Lipinski definition) is 4. The lowest BCUT2D eigenvalue weighted by molar-refractivity contribution is -0.145. The molecule has 0 aromatic carbocycles. The summed E-state index contributed by atoms with van der Waals surface area (Å²) >= 11 is 0. The molecule has 0 aromatic rings. The third kappa shape index (κ3) is 11.7. The van der Waals surface area contributed by atoms with Gasteiger partial charge in [-0.05, 0) is 45.6 Å². The van der Waals surface area contributed by atoms with E-state index in [0.717, 1.165) is 12.0 Å². The Morgan fingerprint density at radius 1 is 1.07 bits per heavy atom. The van der Waals surface area contributed by atoms with E-state index in [4.69, 9.17) is 18.9 Å². The molecule has 0 saturated carbocycles. The summed E-state index contributed by atoms with van der Waals surface area (Å²) < 4.78 is 23.0. The number of aliphatic hydroxyl groups excluding tert-OH is 1. The summed E-state index contributed by atoms with van der Waals surface area (Å²) in [6.45, 7) is 11.9. The Balaban J connectivity index is 1.47. The summed E-state index contributed by atoms with van der Waals surface area (Å²) in [5.74, 6) is -0.703. The number of carbonyl (C=O) groups excluding carboxylic acids is 4. The maximum atomic E-state index is 12.5. The first-order chi connectivity index (χ1) is 21.3. The number of carbonyl (C=O) groups is 4. The fourth-order valence-corrected chi connectivity index (χ4v) is 5.69. The van der Waals surface area contributed by atoms with Gasteiger partial charge in [0.15, 0.2) is 0 Å². The predicted molar refractivity (Wildman–Crippen MR) is 167 cm³/mol. The summed E-state index contributed by atoms with van der Waals surface area (Å²) in [5, 5.41) is 19.4. The molecule has 3 saturated heterocycles. The van der Waals surface area contributed by atoms with Gasteiger partial charge in [-0.1, -0.05) is 37.6 Å². The van der Waals surface area contributed by atoms with Crippen LogP contribution in [0.15, 0.2) is 36.0 Å². The highest BCUT2D eigenvalue weighted by molar-refractivity contribution is 5.87. The van der Waals surface area contributed by atoms with Crippen LogP contribution in [0.5, 0.6) is 0 Å². The second-order valence-electron chi connectivity index (χ2n) is 12.4. The average Bonchev–Trinajstić information content (AvgIpc) is 3.75. The van der Waals surface area contributed by atoms with Crippen molar-refractivity contribution in [2.24, 2.45) is 5.92 Å². The van der Waals surface area contributed by atoms with Crippen molar-refractivity contribution in [3.63, 3.8) is 0 Å². The summed E-state index contributed by atoms with van der Waals surface area (Å²) in [7, 11) is 0. The van der Waals surface area contributed by atoms with Gasteiger partial charge in [-0.2, -0.15) is 0 Å². The van der Waals surface area contributed by atoms with Gasteiger partial charge in [-0.25, -0.2) is 0 Å². The zero-order valence-corrected chi connectivity index (χ0v) is 27.4. The highest BCUT2D eigenvalue weighted by atomic mass is 16.6. The monoisotopic (exact) mass is 633 g/mol. The molecule has 0 aliphatic carbocycles. The van der Waals surface area contributed by atoms with E-state index in [-0.39, 0.29) is 48.3 Å². The van der Waals surface area contributed by atoms with Crippen molar-refractivity contribution in [2.45, 2.75) is 122 Å². The minimum atomic E-state index is -0.834. The maximum Gasteiger partial charge on any atom is 0.303 e. The topological polar surface area (TPSA) is 165 Å². The smallest absolute Gasteiger partial charge is 0.303 e. The molecule has 1 spiro atoms. The van der Waals surface area contributed by atoms with Crippen LogP contribution in [0.3, 0.4) is 0 Å². The van der Waals surface area contributed by atoms with Crippen LogP contribution in [0.25, 0.3) is 0 Å². The van der Waals surface area contributed by atoms with Gasteiger partial charge in [0.2, 0.25) is 17.7 Å². The van der Waals surface area contributed by atoms with Crippen molar-refractivity contribution >= 4 is 23.7 Å². The van der Waals surface area contributed by atoms with Crippen LogP contribution in [0, 0.1) is 5.92 Å². The number of amides is 3. The predicted octanol–water partition coefficient (Wildman–Crippen LogP) is 2.01. The van der Waals surface area contributed by atoms with Crippen LogP contribution in [-0.4, -0.2) is 96.8 Å². The van der Waals surface area contributed by atoms with E-state index >= 15 is 0 Å². The molecule has 3 rings (SSSR count). The van der Waals surface area contributed by atoms with Gasteiger partial charge in [0.05, 0.1) is 37.4 Å². The van der Waals surface area contributed by atoms with Crippen molar-refractivity contribution in [3.8, 4) is 0 Å². The second kappa shape index (κ2) is 17.0. The molecular formula is C33H51N3O9. The minimum Gasteiger partial charge on any atom is -0.459 e. The number of allylic oxidation sites excluding steroid dienone is 2. The normalized spacial score (nSPS) is 32.3. The highest BCUT2D eigenvalue weighted by Gasteiger charge is 2.58. The molecule has 9 atom stereocenters. The van der Waals surface area contributed by atoms with Gasteiger partial charge < -0.3 is 40.0 Å². The van der Waals surface area contributed by atoms with Crippen molar-refractivity contribution in [3.05, 3.63) is 36.0 Å². The molecule has 0 radical (unpaired) electrons. The molecular weight excluding hydrogens is 582 g/mol. The lowest BCUT2D eigenvalue weighted by Gasteiger charge is -2.39. The van der Waals surface area contributed by atoms with Gasteiger partial charge in [0.1, 0.15) is 23.9 Å². The quantitative estimate of drug-likeness (QED) is 0.0736. The lowest BCUT2D eigenvalue weighted by atomic mass is 9.87. The fraction of sp³-hybridized carbons (Fsp3) is 0.697. The van der Waals surface area contributed by atoms with Gasteiger partial charge in [0.25, 0.3) is 0 Å². The Bertz CT molecular complexity index is 1130. The number of epoxide rings is 1. The Hall–Kier alpha value is -3.06. The van der Waals surface area contributed by atoms with Gasteiger partial charge in [-0.3, -0.25) is 19.2 Å². The molecule has 12 nitrogen and oxygen atoms in total. The zero-order chi connectivity index (χ0) is 33.1. The fourth-order valence-electron chi connectivity index (χ4n) is 5.69. The molecule has 252 valence electrons. The van der Waals surface area contributed by atoms with Gasteiger partial charge >= 0.3 is 5.97 Å². The number of nitrogens with one attached hydrogen (secondary N) is 3. The molecule has 3 heterocycles.